The standard InChI is InChI=1S/C33H54N4O2/c1-9-39-27(38)33-17-12-20(2)21(3)26(33)22-10-11-24-30(6)15-14-25(36-37-28(34)35)29(4,5)23(30)13-16-32(24,8)31(22,7)18-19-33/h10,20-21,23-24,26H,9,11-19H2,1-8H3,(H4,34,35,37)/b36-25+/t20-,21+,23+,24-,26+,30+,31-,32-,33+/m1/s1. The topological polar surface area (TPSA) is 103 Å². The molecular formula is C33H54N4O2. The highest BCUT2D eigenvalue weighted by molar-refractivity contribution is 5.91. The minimum Gasteiger partial charge on any atom is -0.466 e. The molecule has 0 aromatic heterocycles. The zero-order valence-electron chi connectivity index (χ0n) is 25.9. The van der Waals surface area contributed by atoms with E-state index in [4.69, 9.17) is 16.2 Å². The van der Waals surface area contributed by atoms with E-state index in [-0.39, 0.29) is 39.0 Å². The number of hydrogen-bond acceptors (Lipinski definition) is 4. The third-order valence-corrected chi connectivity index (χ3v) is 13.7. The Morgan fingerprint density at radius 3 is 2.38 bits per heavy atom. The third kappa shape index (κ3) is 3.81. The molecule has 0 aromatic carbocycles. The van der Waals surface area contributed by atoms with Crippen LogP contribution in [0.3, 0.4) is 0 Å². The van der Waals surface area contributed by atoms with Gasteiger partial charge in [0.1, 0.15) is 0 Å². The summed E-state index contributed by atoms with van der Waals surface area (Å²) in [6.07, 6.45) is 12.4. The van der Waals surface area contributed by atoms with E-state index < -0.39 is 0 Å². The number of esters is 1. The summed E-state index contributed by atoms with van der Waals surface area (Å²) in [5.41, 5.74) is 14.1. The summed E-state index contributed by atoms with van der Waals surface area (Å²) in [6.45, 7) is 19.8. The van der Waals surface area contributed by atoms with Gasteiger partial charge in [0.25, 0.3) is 0 Å². The van der Waals surface area contributed by atoms with Crippen molar-refractivity contribution in [2.45, 2.75) is 113 Å². The van der Waals surface area contributed by atoms with Crippen LogP contribution in [0.4, 0.5) is 0 Å². The van der Waals surface area contributed by atoms with E-state index in [9.17, 15) is 4.79 Å². The second-order valence-corrected chi connectivity index (χ2v) is 15.3. The van der Waals surface area contributed by atoms with E-state index in [1.54, 1.807) is 5.57 Å². The van der Waals surface area contributed by atoms with Crippen molar-refractivity contribution in [3.05, 3.63) is 11.6 Å². The van der Waals surface area contributed by atoms with Gasteiger partial charge in [-0.05, 0) is 111 Å². The number of fused-ring (bicyclic) bond motifs is 7. The molecule has 9 atom stereocenters. The Hall–Kier alpha value is -1.85. The zero-order chi connectivity index (χ0) is 28.6. The van der Waals surface area contributed by atoms with E-state index >= 15 is 0 Å². The summed E-state index contributed by atoms with van der Waals surface area (Å²) in [5.74, 6) is 2.66. The van der Waals surface area contributed by atoms with Crippen LogP contribution in [0.2, 0.25) is 0 Å². The molecule has 218 valence electrons. The molecule has 0 radical (unpaired) electrons. The Labute approximate surface area is 236 Å². The fraction of sp³-hybridized carbons (Fsp3) is 0.848. The van der Waals surface area contributed by atoms with Crippen molar-refractivity contribution in [3.63, 3.8) is 0 Å². The quantitative estimate of drug-likeness (QED) is 0.135. The maximum absolute atomic E-state index is 13.7. The molecule has 0 amide bonds. The first-order valence-electron chi connectivity index (χ1n) is 15.7. The van der Waals surface area contributed by atoms with Crippen LogP contribution in [0.25, 0.3) is 0 Å². The SMILES string of the molecule is CCOC(=O)[C@]12CC[C@@H](C)[C@H](C)[C@H]1C1=CC[C@@H]3[C@@]4(C)CC/C(=N\N=C(N)N)C(C)(C)[C@@H]4CC[C@@]3(C)[C@]1(C)CC2. The van der Waals surface area contributed by atoms with Gasteiger partial charge < -0.3 is 16.2 Å². The minimum atomic E-state index is -0.346. The van der Waals surface area contributed by atoms with E-state index in [1.165, 1.54) is 12.8 Å². The average Bonchev–Trinajstić information content (AvgIpc) is 2.86. The lowest BCUT2D eigenvalue weighted by Gasteiger charge is -2.71. The van der Waals surface area contributed by atoms with Crippen molar-refractivity contribution in [1.29, 1.82) is 0 Å². The van der Waals surface area contributed by atoms with Gasteiger partial charge in [-0.15, -0.1) is 5.10 Å². The number of ether oxygens (including phenoxy) is 1. The lowest BCUT2D eigenvalue weighted by molar-refractivity contribution is -0.184. The number of allylic oxidation sites excluding steroid dienone is 2. The van der Waals surface area contributed by atoms with E-state index in [0.29, 0.717) is 36.2 Å². The molecule has 6 nitrogen and oxygen atoms in total. The summed E-state index contributed by atoms with van der Waals surface area (Å²) in [4.78, 5) is 13.7. The van der Waals surface area contributed by atoms with Crippen LogP contribution in [0, 0.1) is 56.7 Å². The first-order chi connectivity index (χ1) is 18.2. The number of carbonyl (C=O) groups is 1. The van der Waals surface area contributed by atoms with Crippen LogP contribution in [0.1, 0.15) is 113 Å². The fourth-order valence-corrected chi connectivity index (χ4v) is 11.2. The summed E-state index contributed by atoms with van der Waals surface area (Å²) >= 11 is 0. The molecule has 0 saturated heterocycles. The van der Waals surface area contributed by atoms with E-state index in [2.05, 4.69) is 64.7 Å². The first-order valence-corrected chi connectivity index (χ1v) is 15.7. The molecule has 6 heteroatoms. The monoisotopic (exact) mass is 538 g/mol. The fourth-order valence-electron chi connectivity index (χ4n) is 11.2. The second kappa shape index (κ2) is 9.34. The van der Waals surface area contributed by atoms with Gasteiger partial charge in [-0.1, -0.05) is 60.1 Å². The van der Waals surface area contributed by atoms with Crippen molar-refractivity contribution >= 4 is 17.6 Å². The Morgan fingerprint density at radius 1 is 1.00 bits per heavy atom. The predicted molar refractivity (Wildman–Crippen MR) is 159 cm³/mol. The molecule has 5 aliphatic rings. The summed E-state index contributed by atoms with van der Waals surface area (Å²) in [6, 6.07) is 0. The lowest BCUT2D eigenvalue weighted by Crippen LogP contribution is -2.65. The maximum Gasteiger partial charge on any atom is 0.312 e. The average molecular weight is 539 g/mol. The van der Waals surface area contributed by atoms with Crippen LogP contribution >= 0.6 is 0 Å². The number of nitrogens with two attached hydrogens (primary N) is 2. The number of guanidine groups is 1. The number of hydrogen-bond donors (Lipinski definition) is 2. The molecule has 0 aromatic rings. The lowest BCUT2D eigenvalue weighted by atomic mass is 9.33. The van der Waals surface area contributed by atoms with Gasteiger partial charge in [-0.25, -0.2) is 0 Å². The van der Waals surface area contributed by atoms with Crippen molar-refractivity contribution < 1.29 is 9.53 Å². The van der Waals surface area contributed by atoms with Gasteiger partial charge in [0.2, 0.25) is 5.96 Å². The Balaban J connectivity index is 1.57. The molecule has 4 fully saturated rings. The van der Waals surface area contributed by atoms with Crippen molar-refractivity contribution in [2.75, 3.05) is 6.61 Å². The third-order valence-electron chi connectivity index (χ3n) is 13.7. The van der Waals surface area contributed by atoms with E-state index in [0.717, 1.165) is 50.7 Å². The van der Waals surface area contributed by atoms with Gasteiger partial charge in [0, 0.05) is 11.1 Å². The van der Waals surface area contributed by atoms with Crippen molar-refractivity contribution in [3.8, 4) is 0 Å². The number of rotatable bonds is 3. The molecule has 4 saturated carbocycles. The molecule has 0 heterocycles. The molecule has 0 bridgehead atoms. The Bertz CT molecular complexity index is 1100. The molecule has 4 N–H and O–H groups in total. The second-order valence-electron chi connectivity index (χ2n) is 15.3. The highest BCUT2D eigenvalue weighted by Crippen LogP contribution is 2.75. The molecule has 0 aliphatic heterocycles. The number of carbonyl (C=O) groups excluding carboxylic acids is 1. The highest BCUT2D eigenvalue weighted by atomic mass is 16.5. The van der Waals surface area contributed by atoms with Crippen LogP contribution in [0.5, 0.6) is 0 Å². The Morgan fingerprint density at radius 2 is 1.72 bits per heavy atom. The summed E-state index contributed by atoms with van der Waals surface area (Å²) < 4.78 is 5.82. The normalized spacial score (nSPS) is 47.5. The van der Waals surface area contributed by atoms with Crippen LogP contribution < -0.4 is 11.5 Å². The molecule has 5 rings (SSSR count). The first kappa shape index (κ1) is 28.7. The summed E-state index contributed by atoms with van der Waals surface area (Å²) in [5, 5.41) is 8.62. The Kier molecular flexibility index (Phi) is 6.87. The van der Waals surface area contributed by atoms with Gasteiger partial charge in [-0.2, -0.15) is 5.10 Å². The van der Waals surface area contributed by atoms with Gasteiger partial charge in [0.05, 0.1) is 12.0 Å². The smallest absolute Gasteiger partial charge is 0.312 e. The van der Waals surface area contributed by atoms with Crippen LogP contribution in [-0.2, 0) is 9.53 Å². The molecular weight excluding hydrogens is 484 g/mol. The van der Waals surface area contributed by atoms with E-state index in [1.807, 2.05) is 6.92 Å². The van der Waals surface area contributed by atoms with Crippen LogP contribution in [0.15, 0.2) is 21.9 Å². The molecule has 5 aliphatic carbocycles. The molecule has 0 spiro atoms. The van der Waals surface area contributed by atoms with Crippen molar-refractivity contribution in [1.82, 2.24) is 0 Å². The van der Waals surface area contributed by atoms with Gasteiger partial charge in [0.15, 0.2) is 0 Å². The maximum atomic E-state index is 13.7. The van der Waals surface area contributed by atoms with Gasteiger partial charge in [-0.3, -0.25) is 4.79 Å². The number of nitrogens with zero attached hydrogens (tertiary/aromatic N) is 2. The van der Waals surface area contributed by atoms with Crippen molar-refractivity contribution in [2.24, 2.45) is 78.3 Å². The largest absolute Gasteiger partial charge is 0.466 e. The molecule has 39 heavy (non-hydrogen) atoms. The minimum absolute atomic E-state index is 0.0307. The predicted octanol–water partition coefficient (Wildman–Crippen LogP) is 6.84. The zero-order valence-corrected chi connectivity index (χ0v) is 25.9. The van der Waals surface area contributed by atoms with Crippen LogP contribution in [-0.4, -0.2) is 24.2 Å². The molecule has 0 unspecified atom stereocenters. The highest BCUT2D eigenvalue weighted by Gasteiger charge is 2.69. The summed E-state index contributed by atoms with van der Waals surface area (Å²) in [7, 11) is 0. The van der Waals surface area contributed by atoms with Gasteiger partial charge >= 0.3 is 5.97 Å².